The van der Waals surface area contributed by atoms with Crippen molar-refractivity contribution in [3.05, 3.63) is 108 Å². The van der Waals surface area contributed by atoms with Gasteiger partial charge >= 0.3 is 0 Å². The predicted molar refractivity (Wildman–Crippen MR) is 170 cm³/mol. The molecule has 0 aliphatic rings. The summed E-state index contributed by atoms with van der Waals surface area (Å²) in [7, 11) is 4.39. The van der Waals surface area contributed by atoms with Crippen LogP contribution in [0.15, 0.2) is 97.1 Å². The fourth-order valence-electron chi connectivity index (χ4n) is 6.84. The van der Waals surface area contributed by atoms with Crippen LogP contribution in [0.25, 0.3) is 43.6 Å². The van der Waals surface area contributed by atoms with Crippen molar-refractivity contribution in [2.24, 2.45) is 14.1 Å². The van der Waals surface area contributed by atoms with Gasteiger partial charge in [-0.3, -0.25) is 0 Å². The molecule has 0 bridgehead atoms. The predicted octanol–water partition coefficient (Wildman–Crippen LogP) is 8.85. The SMILES string of the molecule is C[n+]1c2ccccc2c(CCCCCCCCCCc2c3ccccc3[n+](C)c3ccccc23)c2ccccc21. The summed E-state index contributed by atoms with van der Waals surface area (Å²) in [6.45, 7) is 0. The van der Waals surface area contributed by atoms with Gasteiger partial charge in [-0.25, -0.2) is 0 Å². The molecule has 2 heteroatoms. The lowest BCUT2D eigenvalue weighted by Gasteiger charge is -2.11. The zero-order chi connectivity index (χ0) is 27.3. The molecule has 0 unspecified atom stereocenters. The minimum atomic E-state index is 1.17. The Hall–Kier alpha value is -3.78. The highest BCUT2D eigenvalue weighted by Gasteiger charge is 2.18. The highest BCUT2D eigenvalue weighted by molar-refractivity contribution is 5.94. The van der Waals surface area contributed by atoms with Crippen molar-refractivity contribution in [2.45, 2.75) is 64.2 Å². The lowest BCUT2D eigenvalue weighted by Crippen LogP contribution is -2.30. The van der Waals surface area contributed by atoms with E-state index in [1.807, 2.05) is 0 Å². The van der Waals surface area contributed by atoms with Crippen LogP contribution in [0.1, 0.15) is 62.5 Å². The molecule has 2 nitrogen and oxygen atoms in total. The molecule has 0 atom stereocenters. The van der Waals surface area contributed by atoms with Gasteiger partial charge in [-0.2, -0.15) is 9.13 Å². The fourth-order valence-corrected chi connectivity index (χ4v) is 6.84. The monoisotopic (exact) mass is 526 g/mol. The van der Waals surface area contributed by atoms with Crippen LogP contribution >= 0.6 is 0 Å². The zero-order valence-corrected chi connectivity index (χ0v) is 24.2. The van der Waals surface area contributed by atoms with Gasteiger partial charge in [0.25, 0.3) is 0 Å². The number of hydrogen-bond acceptors (Lipinski definition) is 0. The standard InChI is InChI=1S/C38H42N2/c1-39-35-25-15-11-21-31(35)29(32-22-12-16-26-36(32)39)19-9-7-5-3-4-6-8-10-20-30-33-23-13-17-27-37(33)40(2)38-28-18-14-24-34(30)38/h11-18,21-28H,3-10,19-20H2,1-2H3/q+2. The summed E-state index contributed by atoms with van der Waals surface area (Å²) in [5.74, 6) is 0. The number of nitrogens with zero attached hydrogens (tertiary/aromatic N) is 2. The third kappa shape index (κ3) is 5.20. The van der Waals surface area contributed by atoms with Crippen LogP contribution in [0.5, 0.6) is 0 Å². The van der Waals surface area contributed by atoms with E-state index in [0.717, 1.165) is 0 Å². The van der Waals surface area contributed by atoms with Gasteiger partial charge in [0.15, 0.2) is 0 Å². The number of benzene rings is 4. The molecule has 4 aromatic carbocycles. The van der Waals surface area contributed by atoms with Crippen molar-refractivity contribution < 1.29 is 9.13 Å². The van der Waals surface area contributed by atoms with Crippen LogP contribution in [0.3, 0.4) is 0 Å². The Kier molecular flexibility index (Phi) is 8.04. The molecule has 2 heterocycles. The molecule has 0 aliphatic heterocycles. The Bertz CT molecular complexity index is 1540. The van der Waals surface area contributed by atoms with Gasteiger partial charge < -0.3 is 0 Å². The van der Waals surface area contributed by atoms with Crippen LogP contribution < -0.4 is 9.13 Å². The summed E-state index contributed by atoms with van der Waals surface area (Å²) in [4.78, 5) is 0. The van der Waals surface area contributed by atoms with E-state index >= 15 is 0 Å². The summed E-state index contributed by atoms with van der Waals surface area (Å²) in [5, 5.41) is 5.65. The number of pyridine rings is 2. The smallest absolute Gasteiger partial charge is 0.194 e. The maximum Gasteiger partial charge on any atom is 0.213 e. The van der Waals surface area contributed by atoms with Gasteiger partial charge in [-0.1, -0.05) is 87.1 Å². The second-order valence-corrected chi connectivity index (χ2v) is 11.5. The summed E-state index contributed by atoms with van der Waals surface area (Å²) in [6, 6.07) is 35.6. The van der Waals surface area contributed by atoms with Crippen molar-refractivity contribution in [3.63, 3.8) is 0 Å². The van der Waals surface area contributed by atoms with E-state index in [4.69, 9.17) is 0 Å². The highest BCUT2D eigenvalue weighted by atomic mass is 14.9. The molecular formula is C38H42N2+2. The lowest BCUT2D eigenvalue weighted by atomic mass is 9.96. The molecule has 0 amide bonds. The van der Waals surface area contributed by atoms with Crippen molar-refractivity contribution in [2.75, 3.05) is 0 Å². The van der Waals surface area contributed by atoms with Crippen molar-refractivity contribution in [1.29, 1.82) is 0 Å². The minimum Gasteiger partial charge on any atom is -0.194 e. The normalized spacial score (nSPS) is 11.8. The molecule has 40 heavy (non-hydrogen) atoms. The molecule has 6 aromatic rings. The first kappa shape index (κ1) is 26.4. The molecule has 0 N–H and O–H groups in total. The molecule has 0 aliphatic carbocycles. The first-order valence-electron chi connectivity index (χ1n) is 15.3. The number of fused-ring (bicyclic) bond motifs is 4. The number of aryl methyl sites for hydroxylation is 4. The molecule has 202 valence electrons. The topological polar surface area (TPSA) is 7.76 Å². The van der Waals surface area contributed by atoms with Crippen LogP contribution in [-0.2, 0) is 26.9 Å². The van der Waals surface area contributed by atoms with Crippen LogP contribution in [0, 0.1) is 0 Å². The van der Waals surface area contributed by atoms with Gasteiger partial charge in [0.05, 0.1) is 21.5 Å². The van der Waals surface area contributed by atoms with E-state index in [-0.39, 0.29) is 0 Å². The van der Waals surface area contributed by atoms with E-state index in [1.54, 1.807) is 0 Å². The average molecular weight is 527 g/mol. The molecule has 0 spiro atoms. The van der Waals surface area contributed by atoms with Gasteiger partial charge in [0.1, 0.15) is 14.1 Å². The molecule has 2 aromatic heterocycles. The quantitative estimate of drug-likeness (QED) is 0.0905. The highest BCUT2D eigenvalue weighted by Crippen LogP contribution is 2.28. The Morgan fingerprint density at radius 1 is 0.350 bits per heavy atom. The number of unbranched alkanes of at least 4 members (excludes halogenated alkanes) is 7. The van der Waals surface area contributed by atoms with E-state index < -0.39 is 0 Å². The average Bonchev–Trinajstić information content (AvgIpc) is 3.01. The maximum absolute atomic E-state index is 2.34. The van der Waals surface area contributed by atoms with E-state index in [1.165, 1.54) is 119 Å². The van der Waals surface area contributed by atoms with Crippen LogP contribution in [0.4, 0.5) is 0 Å². The zero-order valence-electron chi connectivity index (χ0n) is 24.2. The molecule has 0 fully saturated rings. The maximum atomic E-state index is 2.34. The summed E-state index contributed by atoms with van der Waals surface area (Å²) < 4.78 is 4.69. The van der Waals surface area contributed by atoms with Crippen LogP contribution in [-0.4, -0.2) is 0 Å². The minimum absolute atomic E-state index is 1.17. The second kappa shape index (κ2) is 12.2. The Labute approximate surface area is 238 Å². The summed E-state index contributed by atoms with van der Waals surface area (Å²) >= 11 is 0. The third-order valence-corrected chi connectivity index (χ3v) is 8.97. The largest absolute Gasteiger partial charge is 0.213 e. The van der Waals surface area contributed by atoms with Crippen molar-refractivity contribution in [1.82, 2.24) is 0 Å². The van der Waals surface area contributed by atoms with Gasteiger partial charge in [-0.15, -0.1) is 0 Å². The van der Waals surface area contributed by atoms with Crippen LogP contribution in [0.2, 0.25) is 0 Å². The van der Waals surface area contributed by atoms with Gasteiger partial charge in [0.2, 0.25) is 22.1 Å². The second-order valence-electron chi connectivity index (χ2n) is 11.5. The van der Waals surface area contributed by atoms with Gasteiger partial charge in [0, 0.05) is 24.3 Å². The summed E-state index contributed by atoms with van der Waals surface area (Å²) in [6.07, 6.45) is 12.9. The first-order chi connectivity index (χ1) is 19.7. The van der Waals surface area contributed by atoms with Crippen molar-refractivity contribution >= 4 is 43.6 Å². The number of rotatable bonds is 11. The van der Waals surface area contributed by atoms with E-state index in [9.17, 15) is 0 Å². The Morgan fingerprint density at radius 3 is 0.900 bits per heavy atom. The first-order valence-corrected chi connectivity index (χ1v) is 15.3. The number of para-hydroxylation sites is 4. The third-order valence-electron chi connectivity index (χ3n) is 8.97. The fraction of sp³-hybridized carbons (Fsp3) is 0.316. The lowest BCUT2D eigenvalue weighted by molar-refractivity contribution is -0.617. The molecule has 0 saturated carbocycles. The molecule has 6 rings (SSSR count). The molecule has 0 saturated heterocycles. The van der Waals surface area contributed by atoms with E-state index in [2.05, 4.69) is 120 Å². The Balaban J connectivity index is 0.986. The Morgan fingerprint density at radius 2 is 0.600 bits per heavy atom. The van der Waals surface area contributed by atoms with E-state index in [0.29, 0.717) is 0 Å². The molecule has 0 radical (unpaired) electrons. The number of aromatic nitrogens is 2. The van der Waals surface area contributed by atoms with Crippen molar-refractivity contribution in [3.8, 4) is 0 Å². The number of hydrogen-bond donors (Lipinski definition) is 0. The van der Waals surface area contributed by atoms with Gasteiger partial charge in [-0.05, 0) is 61.1 Å². The summed E-state index contributed by atoms with van der Waals surface area (Å²) in [5.41, 5.74) is 8.39. The molecular weight excluding hydrogens is 484 g/mol.